The Morgan fingerprint density at radius 3 is 2.80 bits per heavy atom. The maximum atomic E-state index is 12.4. The minimum Gasteiger partial charge on any atom is -0.478 e. The number of alkyl halides is 2. The van der Waals surface area contributed by atoms with Crippen LogP contribution in [0.1, 0.15) is 23.7 Å². The summed E-state index contributed by atoms with van der Waals surface area (Å²) in [5, 5.41) is 9.05. The molecule has 1 aromatic heterocycles. The van der Waals surface area contributed by atoms with Crippen molar-refractivity contribution >= 4 is 5.97 Å². The maximum absolute atomic E-state index is 12.4. The summed E-state index contributed by atoms with van der Waals surface area (Å²) in [7, 11) is 0. The number of carboxylic acid groups (broad SMARTS) is 1. The quantitative estimate of drug-likeness (QED) is 0.543. The van der Waals surface area contributed by atoms with E-state index < -0.39 is 12.6 Å². The first kappa shape index (κ1) is 18.4. The zero-order valence-corrected chi connectivity index (χ0v) is 13.7. The van der Waals surface area contributed by atoms with Crippen molar-refractivity contribution < 1.29 is 23.4 Å². The van der Waals surface area contributed by atoms with Crippen LogP contribution >= 0.6 is 0 Å². The monoisotopic (exact) mass is 347 g/mol. The first-order valence-corrected chi connectivity index (χ1v) is 7.80. The van der Waals surface area contributed by atoms with Gasteiger partial charge in [-0.1, -0.05) is 25.1 Å². The molecule has 6 heteroatoms. The van der Waals surface area contributed by atoms with E-state index in [9.17, 15) is 13.6 Å². The summed E-state index contributed by atoms with van der Waals surface area (Å²) in [6.07, 6.45) is 9.16. The molecule has 0 bridgehead atoms. The summed E-state index contributed by atoms with van der Waals surface area (Å²) < 4.78 is 31.1. The minimum absolute atomic E-state index is 0.111. The summed E-state index contributed by atoms with van der Waals surface area (Å²) in [4.78, 5) is 11.0. The highest BCUT2D eigenvalue weighted by Gasteiger charge is 2.07. The lowest BCUT2D eigenvalue weighted by Gasteiger charge is -2.06. The van der Waals surface area contributed by atoms with Crippen molar-refractivity contribution in [2.24, 2.45) is 0 Å². The lowest BCUT2D eigenvalue weighted by molar-refractivity contribution is -0.0923. The van der Waals surface area contributed by atoms with Crippen molar-refractivity contribution in [3.63, 3.8) is 0 Å². The highest BCUT2D eigenvalue weighted by atomic mass is 19.3. The molecule has 0 aliphatic rings. The Morgan fingerprint density at radius 1 is 1.32 bits per heavy atom. The molecular formula is C19H19F2NO3. The molecule has 0 radical (unpaired) electrons. The number of benzene rings is 1. The zero-order chi connectivity index (χ0) is 18.2. The molecule has 0 saturated carbocycles. The largest absolute Gasteiger partial charge is 0.478 e. The number of aromatic carboxylic acids is 1. The second-order valence-corrected chi connectivity index (χ2v) is 5.28. The number of carbonyl (C=O) groups is 1. The molecule has 0 unspecified atom stereocenters. The molecule has 1 aromatic carbocycles. The number of carboxylic acids is 1. The number of nitrogens with zero attached hydrogens (tertiary/aromatic N) is 1. The first-order chi connectivity index (χ1) is 12.0. The van der Waals surface area contributed by atoms with E-state index in [0.29, 0.717) is 6.54 Å². The van der Waals surface area contributed by atoms with Crippen LogP contribution in [0.4, 0.5) is 8.78 Å². The topological polar surface area (TPSA) is 51.5 Å². The van der Waals surface area contributed by atoms with Crippen LogP contribution in [-0.2, 0) is 11.3 Å². The van der Waals surface area contributed by atoms with Gasteiger partial charge in [-0.3, -0.25) is 0 Å². The van der Waals surface area contributed by atoms with Gasteiger partial charge in [0.2, 0.25) is 0 Å². The van der Waals surface area contributed by atoms with Gasteiger partial charge in [-0.05, 0) is 47.9 Å². The number of halogens is 2. The van der Waals surface area contributed by atoms with Crippen molar-refractivity contribution in [1.29, 1.82) is 0 Å². The fourth-order valence-electron chi connectivity index (χ4n) is 2.24. The molecule has 2 rings (SSSR count). The van der Waals surface area contributed by atoms with Crippen molar-refractivity contribution in [2.45, 2.75) is 26.5 Å². The fourth-order valence-corrected chi connectivity index (χ4v) is 2.24. The molecule has 0 saturated heterocycles. The van der Waals surface area contributed by atoms with E-state index in [2.05, 4.69) is 4.74 Å². The van der Waals surface area contributed by atoms with Gasteiger partial charge in [0, 0.05) is 18.9 Å². The molecule has 0 spiro atoms. The van der Waals surface area contributed by atoms with E-state index in [-0.39, 0.29) is 11.3 Å². The first-order valence-electron chi connectivity index (χ1n) is 7.80. The van der Waals surface area contributed by atoms with E-state index in [0.717, 1.165) is 17.5 Å². The second-order valence-electron chi connectivity index (χ2n) is 5.28. The summed E-state index contributed by atoms with van der Waals surface area (Å²) in [6.45, 7) is -0.610. The van der Waals surface area contributed by atoms with E-state index >= 15 is 0 Å². The van der Waals surface area contributed by atoms with Crippen LogP contribution in [0.3, 0.4) is 0 Å². The van der Waals surface area contributed by atoms with Gasteiger partial charge in [0.05, 0.1) is 5.56 Å². The van der Waals surface area contributed by atoms with Gasteiger partial charge in [0.15, 0.2) is 0 Å². The van der Waals surface area contributed by atoms with Gasteiger partial charge in [-0.2, -0.15) is 8.78 Å². The van der Waals surface area contributed by atoms with Gasteiger partial charge < -0.3 is 14.4 Å². The van der Waals surface area contributed by atoms with E-state index in [1.165, 1.54) is 12.1 Å². The molecule has 2 aromatic rings. The third-order valence-corrected chi connectivity index (χ3v) is 3.44. The minimum atomic E-state index is -2.87. The molecule has 0 amide bonds. The van der Waals surface area contributed by atoms with Crippen molar-refractivity contribution in [3.8, 4) is 11.1 Å². The maximum Gasteiger partial charge on any atom is 0.387 e. The lowest BCUT2D eigenvalue weighted by Crippen LogP contribution is -1.99. The highest BCUT2D eigenvalue weighted by Crippen LogP contribution is 2.21. The van der Waals surface area contributed by atoms with Gasteiger partial charge in [0.25, 0.3) is 0 Å². The standard InChI is InChI=1S/C19H19F2NO3/c1-2-3-7-17(25-19(20)21)9-11-22-10-8-16(13-22)14-5-4-6-15(12-14)18(23)24/h3-10,12-13,19H,2,11H2,1H3,(H,23,24)/b7-3-,17-9+. The lowest BCUT2D eigenvalue weighted by atomic mass is 10.1. The molecule has 1 N–H and O–H groups in total. The van der Waals surface area contributed by atoms with Gasteiger partial charge in [-0.15, -0.1) is 0 Å². The molecule has 1 heterocycles. The predicted octanol–water partition coefficient (Wildman–Crippen LogP) is 4.94. The molecular weight excluding hydrogens is 328 g/mol. The second kappa shape index (κ2) is 8.82. The third-order valence-electron chi connectivity index (χ3n) is 3.44. The SMILES string of the molecule is CC/C=C\C(=C/Cn1ccc(-c2cccc(C(=O)O)c2)c1)OC(F)F. The number of aromatic nitrogens is 1. The van der Waals surface area contributed by atoms with Crippen LogP contribution in [0.2, 0.25) is 0 Å². The van der Waals surface area contributed by atoms with Crippen molar-refractivity contribution in [1.82, 2.24) is 4.57 Å². The number of hydrogen-bond donors (Lipinski definition) is 1. The van der Waals surface area contributed by atoms with E-state index in [1.54, 1.807) is 35.0 Å². The number of hydrogen-bond acceptors (Lipinski definition) is 2. The molecule has 25 heavy (non-hydrogen) atoms. The van der Waals surface area contributed by atoms with Gasteiger partial charge in [0.1, 0.15) is 5.76 Å². The molecule has 132 valence electrons. The third kappa shape index (κ3) is 5.60. The Labute approximate surface area is 144 Å². The summed E-state index contributed by atoms with van der Waals surface area (Å²) in [5.74, 6) is -0.874. The van der Waals surface area contributed by atoms with Crippen LogP contribution in [0.25, 0.3) is 11.1 Å². The molecule has 0 aliphatic heterocycles. The Hall–Kier alpha value is -2.89. The number of allylic oxidation sites excluding steroid dienone is 3. The number of ether oxygens (including phenoxy) is 1. The normalized spacial score (nSPS) is 12.1. The summed E-state index contributed by atoms with van der Waals surface area (Å²) in [6, 6.07) is 8.45. The Morgan fingerprint density at radius 2 is 2.12 bits per heavy atom. The molecule has 0 atom stereocenters. The Kier molecular flexibility index (Phi) is 6.51. The van der Waals surface area contributed by atoms with Crippen LogP contribution in [0.5, 0.6) is 0 Å². The van der Waals surface area contributed by atoms with E-state index in [1.807, 2.05) is 25.3 Å². The van der Waals surface area contributed by atoms with Crippen LogP contribution in [0, 0.1) is 0 Å². The van der Waals surface area contributed by atoms with Crippen molar-refractivity contribution in [2.75, 3.05) is 0 Å². The zero-order valence-electron chi connectivity index (χ0n) is 13.7. The number of rotatable bonds is 8. The molecule has 0 aliphatic carbocycles. The molecule has 4 nitrogen and oxygen atoms in total. The Bertz CT molecular complexity index is 778. The predicted molar refractivity (Wildman–Crippen MR) is 91.4 cm³/mol. The fraction of sp³-hybridized carbons (Fsp3) is 0.211. The van der Waals surface area contributed by atoms with E-state index in [4.69, 9.17) is 5.11 Å². The summed E-state index contributed by atoms with van der Waals surface area (Å²) >= 11 is 0. The molecule has 0 fully saturated rings. The highest BCUT2D eigenvalue weighted by molar-refractivity contribution is 5.89. The van der Waals surface area contributed by atoms with Crippen LogP contribution in [0.15, 0.2) is 66.7 Å². The van der Waals surface area contributed by atoms with Crippen LogP contribution in [-0.4, -0.2) is 22.3 Å². The average molecular weight is 347 g/mol. The Balaban J connectivity index is 2.15. The van der Waals surface area contributed by atoms with Gasteiger partial charge >= 0.3 is 12.6 Å². The average Bonchev–Trinajstić information content (AvgIpc) is 3.06. The van der Waals surface area contributed by atoms with Gasteiger partial charge in [-0.25, -0.2) is 4.79 Å². The summed E-state index contributed by atoms with van der Waals surface area (Å²) in [5.41, 5.74) is 1.83. The van der Waals surface area contributed by atoms with Crippen molar-refractivity contribution in [3.05, 3.63) is 72.3 Å². The van der Waals surface area contributed by atoms with Crippen LogP contribution < -0.4 is 0 Å². The smallest absolute Gasteiger partial charge is 0.387 e.